The van der Waals surface area contributed by atoms with Crippen LogP contribution in [0.25, 0.3) is 0 Å². The van der Waals surface area contributed by atoms with E-state index >= 15 is 0 Å². The van der Waals surface area contributed by atoms with Crippen molar-refractivity contribution >= 4 is 23.7 Å². The van der Waals surface area contributed by atoms with Crippen LogP contribution in [0.3, 0.4) is 0 Å². The standard InChI is InChI=1S/C29H45N3O6/c1-29(2,3)38-28(35)30-25(26(33)32(6)22-9-8-10-22)20-13-11-19(12-14-20)18-37-24-16-21(27(34)36-7)15-23(17-24)31(4)5/h15-17,19-20,22,25H,8-14,18H2,1-7H3,(H,30,35)/t19-,20-,25-/m0/s1. The molecular formula is C29H45N3O6. The van der Waals surface area contributed by atoms with Gasteiger partial charge in [0.05, 0.1) is 19.3 Å². The summed E-state index contributed by atoms with van der Waals surface area (Å²) in [5, 5.41) is 2.91. The summed E-state index contributed by atoms with van der Waals surface area (Å²) in [6, 6.07) is 5.05. The average Bonchev–Trinajstić information content (AvgIpc) is 2.83. The lowest BCUT2D eigenvalue weighted by atomic mass is 9.78. The van der Waals surface area contributed by atoms with Crippen molar-refractivity contribution in [1.82, 2.24) is 10.2 Å². The van der Waals surface area contributed by atoms with E-state index in [1.165, 1.54) is 7.11 Å². The van der Waals surface area contributed by atoms with Crippen LogP contribution in [0.1, 0.15) is 76.1 Å². The summed E-state index contributed by atoms with van der Waals surface area (Å²) in [7, 11) is 7.03. The first-order valence-electron chi connectivity index (χ1n) is 13.7. The molecule has 9 heteroatoms. The molecule has 0 spiro atoms. The SMILES string of the molecule is COC(=O)c1cc(OC[C@H]2CC[C@H]([C@H](NC(=O)OC(C)(C)C)C(=O)N(C)C3CCC3)CC2)cc(N(C)C)c1. The summed E-state index contributed by atoms with van der Waals surface area (Å²) in [5.74, 6) is 0.546. The molecular weight excluding hydrogens is 486 g/mol. The quantitative estimate of drug-likeness (QED) is 0.464. The molecule has 0 aromatic heterocycles. The maximum absolute atomic E-state index is 13.5. The fourth-order valence-corrected chi connectivity index (χ4v) is 5.05. The first kappa shape index (κ1) is 29.6. The molecule has 2 aliphatic rings. The van der Waals surface area contributed by atoms with Crippen molar-refractivity contribution in [3.63, 3.8) is 0 Å². The number of amides is 2. The molecule has 2 aliphatic carbocycles. The number of carbonyl (C=O) groups excluding carboxylic acids is 3. The molecule has 1 aromatic rings. The predicted molar refractivity (Wildman–Crippen MR) is 147 cm³/mol. The number of benzene rings is 1. The minimum atomic E-state index is -0.635. The number of alkyl carbamates (subject to hydrolysis) is 1. The van der Waals surface area contributed by atoms with E-state index in [1.807, 2.05) is 57.8 Å². The highest BCUT2D eigenvalue weighted by Gasteiger charge is 2.38. The van der Waals surface area contributed by atoms with E-state index in [2.05, 4.69) is 5.32 Å². The summed E-state index contributed by atoms with van der Waals surface area (Å²) in [5.41, 5.74) is 0.670. The number of rotatable bonds is 9. The number of esters is 1. The van der Waals surface area contributed by atoms with Gasteiger partial charge in [-0.25, -0.2) is 9.59 Å². The minimum absolute atomic E-state index is 0.0314. The lowest BCUT2D eigenvalue weighted by molar-refractivity contribution is -0.137. The molecule has 0 bridgehead atoms. The molecule has 1 aromatic carbocycles. The zero-order chi connectivity index (χ0) is 28.0. The lowest BCUT2D eigenvalue weighted by Gasteiger charge is -2.40. The van der Waals surface area contributed by atoms with Crippen LogP contribution < -0.4 is 15.0 Å². The number of hydrogen-bond donors (Lipinski definition) is 1. The van der Waals surface area contributed by atoms with Gasteiger partial charge in [0.15, 0.2) is 0 Å². The number of carbonyl (C=O) groups is 3. The van der Waals surface area contributed by atoms with Gasteiger partial charge in [-0.05, 0) is 89.7 Å². The summed E-state index contributed by atoms with van der Waals surface area (Å²) in [6.07, 6.45) is 6.00. The molecule has 38 heavy (non-hydrogen) atoms. The fourth-order valence-electron chi connectivity index (χ4n) is 5.05. The predicted octanol–water partition coefficient (Wildman–Crippen LogP) is 4.63. The number of nitrogens with one attached hydrogen (secondary N) is 1. The van der Waals surface area contributed by atoms with E-state index in [9.17, 15) is 14.4 Å². The van der Waals surface area contributed by atoms with Gasteiger partial charge < -0.3 is 29.3 Å². The van der Waals surface area contributed by atoms with Crippen molar-refractivity contribution < 1.29 is 28.6 Å². The highest BCUT2D eigenvalue weighted by molar-refractivity contribution is 5.91. The van der Waals surface area contributed by atoms with Crippen molar-refractivity contribution in [2.24, 2.45) is 11.8 Å². The Hall–Kier alpha value is -2.97. The van der Waals surface area contributed by atoms with Gasteiger partial charge in [-0.2, -0.15) is 0 Å². The van der Waals surface area contributed by atoms with E-state index in [-0.39, 0.29) is 17.9 Å². The number of nitrogens with zero attached hydrogens (tertiary/aromatic N) is 2. The van der Waals surface area contributed by atoms with Crippen molar-refractivity contribution in [2.45, 2.75) is 83.4 Å². The van der Waals surface area contributed by atoms with Gasteiger partial charge in [0, 0.05) is 38.9 Å². The van der Waals surface area contributed by atoms with E-state index in [0.717, 1.165) is 50.6 Å². The maximum atomic E-state index is 13.5. The number of hydrogen-bond acceptors (Lipinski definition) is 7. The first-order chi connectivity index (χ1) is 17.9. The highest BCUT2D eigenvalue weighted by atomic mass is 16.6. The zero-order valence-electron chi connectivity index (χ0n) is 24.0. The number of ether oxygens (including phenoxy) is 3. The second kappa shape index (κ2) is 12.7. The van der Waals surface area contributed by atoms with Crippen molar-refractivity contribution in [1.29, 1.82) is 0 Å². The molecule has 9 nitrogen and oxygen atoms in total. The smallest absolute Gasteiger partial charge is 0.408 e. The van der Waals surface area contributed by atoms with E-state index in [1.54, 1.807) is 12.1 Å². The average molecular weight is 532 g/mol. The largest absolute Gasteiger partial charge is 0.493 e. The topological polar surface area (TPSA) is 97.4 Å². The Morgan fingerprint density at radius 3 is 2.18 bits per heavy atom. The van der Waals surface area contributed by atoms with Crippen LogP contribution in [0.4, 0.5) is 10.5 Å². The fraction of sp³-hybridized carbons (Fsp3) is 0.690. The molecule has 0 saturated heterocycles. The molecule has 0 unspecified atom stereocenters. The van der Waals surface area contributed by atoms with Gasteiger partial charge in [-0.15, -0.1) is 0 Å². The number of likely N-dealkylation sites (N-methyl/N-ethyl adjacent to an activating group) is 1. The molecule has 2 amide bonds. The molecule has 1 N–H and O–H groups in total. The molecule has 2 saturated carbocycles. The minimum Gasteiger partial charge on any atom is -0.493 e. The zero-order valence-corrected chi connectivity index (χ0v) is 24.0. The van der Waals surface area contributed by atoms with Gasteiger partial charge in [0.2, 0.25) is 5.91 Å². The van der Waals surface area contributed by atoms with Crippen LogP contribution in [0.15, 0.2) is 18.2 Å². The number of anilines is 1. The first-order valence-corrected chi connectivity index (χ1v) is 13.7. The van der Waals surface area contributed by atoms with Crippen molar-refractivity contribution in [3.05, 3.63) is 23.8 Å². The van der Waals surface area contributed by atoms with Crippen LogP contribution in [0.2, 0.25) is 0 Å². The van der Waals surface area contributed by atoms with Crippen LogP contribution >= 0.6 is 0 Å². The highest BCUT2D eigenvalue weighted by Crippen LogP contribution is 2.34. The van der Waals surface area contributed by atoms with Gasteiger partial charge in [0.25, 0.3) is 0 Å². The summed E-state index contributed by atoms with van der Waals surface area (Å²) in [6.45, 7) is 5.97. The van der Waals surface area contributed by atoms with Crippen molar-refractivity contribution in [2.75, 3.05) is 39.8 Å². The monoisotopic (exact) mass is 531 g/mol. The van der Waals surface area contributed by atoms with Gasteiger partial charge >= 0.3 is 12.1 Å². The van der Waals surface area contributed by atoms with Crippen molar-refractivity contribution in [3.8, 4) is 5.75 Å². The van der Waals surface area contributed by atoms with Gasteiger partial charge in [0.1, 0.15) is 17.4 Å². The molecule has 0 aliphatic heterocycles. The third kappa shape index (κ3) is 8.01. The Balaban J connectivity index is 1.62. The molecule has 1 atom stereocenters. The summed E-state index contributed by atoms with van der Waals surface area (Å²) < 4.78 is 16.5. The maximum Gasteiger partial charge on any atom is 0.408 e. The second-order valence-corrected chi connectivity index (χ2v) is 11.9. The third-order valence-corrected chi connectivity index (χ3v) is 7.59. The van der Waals surface area contributed by atoms with Crippen LogP contribution in [0.5, 0.6) is 5.75 Å². The Bertz CT molecular complexity index is 977. The third-order valence-electron chi connectivity index (χ3n) is 7.59. The normalized spacial score (nSPS) is 20.5. The van der Waals surface area contributed by atoms with E-state index in [4.69, 9.17) is 14.2 Å². The van der Waals surface area contributed by atoms with Gasteiger partial charge in [-0.1, -0.05) is 0 Å². The van der Waals surface area contributed by atoms with E-state index in [0.29, 0.717) is 23.8 Å². The molecule has 0 radical (unpaired) electrons. The van der Waals surface area contributed by atoms with Crippen LogP contribution in [-0.2, 0) is 14.3 Å². The second-order valence-electron chi connectivity index (χ2n) is 11.9. The van der Waals surface area contributed by atoms with Crippen LogP contribution in [-0.4, -0.2) is 75.4 Å². The molecule has 3 rings (SSSR count). The van der Waals surface area contributed by atoms with Crippen LogP contribution in [0, 0.1) is 11.8 Å². The Labute approximate surface area is 227 Å². The Kier molecular flexibility index (Phi) is 9.90. The Morgan fingerprint density at radius 2 is 1.66 bits per heavy atom. The lowest BCUT2D eigenvalue weighted by Crippen LogP contribution is -2.55. The Morgan fingerprint density at radius 1 is 1.00 bits per heavy atom. The molecule has 212 valence electrons. The van der Waals surface area contributed by atoms with E-state index < -0.39 is 23.7 Å². The molecule has 0 heterocycles. The van der Waals surface area contributed by atoms with Gasteiger partial charge in [-0.3, -0.25) is 4.79 Å². The number of methoxy groups -OCH3 is 1. The summed E-state index contributed by atoms with van der Waals surface area (Å²) in [4.78, 5) is 41.9. The molecule has 2 fully saturated rings. The summed E-state index contributed by atoms with van der Waals surface area (Å²) >= 11 is 0.